The van der Waals surface area contributed by atoms with Gasteiger partial charge in [-0.05, 0) is 50.1 Å². The highest BCUT2D eigenvalue weighted by molar-refractivity contribution is 5.85. The fourth-order valence-electron chi connectivity index (χ4n) is 5.33. The number of nitrogens with zero attached hydrogens (tertiary/aromatic N) is 1. The van der Waals surface area contributed by atoms with Crippen molar-refractivity contribution >= 4 is 5.91 Å². The van der Waals surface area contributed by atoms with Crippen LogP contribution in [0.4, 0.5) is 0 Å². The Morgan fingerprint density at radius 2 is 2.00 bits per heavy atom. The minimum Gasteiger partial charge on any atom is -0.493 e. The Hall–Kier alpha value is -1.55. The molecule has 2 atom stereocenters. The van der Waals surface area contributed by atoms with E-state index in [0.29, 0.717) is 11.3 Å². The van der Waals surface area contributed by atoms with Crippen LogP contribution in [0, 0.1) is 11.3 Å². The maximum absolute atomic E-state index is 13.1. The predicted octanol–water partition coefficient (Wildman–Crippen LogP) is 2.33. The summed E-state index contributed by atoms with van der Waals surface area (Å²) in [4.78, 5) is 15.3. The Kier molecular flexibility index (Phi) is 3.21. The van der Waals surface area contributed by atoms with Gasteiger partial charge in [-0.2, -0.15) is 0 Å². The summed E-state index contributed by atoms with van der Waals surface area (Å²) in [6.07, 6.45) is 5.63. The Morgan fingerprint density at radius 1 is 1.17 bits per heavy atom. The lowest BCUT2D eigenvalue weighted by Crippen LogP contribution is -2.45. The molecule has 1 N–H and O–H groups in total. The highest BCUT2D eigenvalue weighted by Crippen LogP contribution is 2.61. The topological polar surface area (TPSA) is 41.6 Å². The third kappa shape index (κ3) is 2.12. The summed E-state index contributed by atoms with van der Waals surface area (Å²) in [7, 11) is 0. The first-order chi connectivity index (χ1) is 11.7. The molecule has 2 saturated heterocycles. The maximum Gasteiger partial charge on any atom is 0.226 e. The molecule has 1 aromatic rings. The summed E-state index contributed by atoms with van der Waals surface area (Å²) in [5.74, 6) is 1.57. The lowest BCUT2D eigenvalue weighted by atomic mass is 9.77. The van der Waals surface area contributed by atoms with E-state index in [2.05, 4.69) is 22.3 Å². The van der Waals surface area contributed by atoms with Crippen molar-refractivity contribution in [1.82, 2.24) is 10.2 Å². The molecule has 4 nitrogen and oxygen atoms in total. The number of likely N-dealkylation sites (tertiary alicyclic amines) is 1. The van der Waals surface area contributed by atoms with E-state index in [1.807, 2.05) is 12.1 Å². The zero-order valence-electron chi connectivity index (χ0n) is 14.2. The fraction of sp³-hybridized carbons (Fsp3) is 0.650. The van der Waals surface area contributed by atoms with E-state index in [0.717, 1.165) is 51.4 Å². The van der Waals surface area contributed by atoms with Crippen LogP contribution >= 0.6 is 0 Å². The molecular weight excluding hydrogens is 300 g/mol. The zero-order chi connectivity index (χ0) is 16.2. The highest BCUT2D eigenvalue weighted by Gasteiger charge is 2.62. The zero-order valence-corrected chi connectivity index (χ0v) is 14.2. The normalized spacial score (nSPS) is 33.3. The molecule has 128 valence electrons. The molecule has 1 aromatic carbocycles. The number of fused-ring (bicyclic) bond motifs is 2. The number of carbonyl (C=O) groups is 1. The molecular formula is C20H26N2O2. The first-order valence-electron chi connectivity index (χ1n) is 9.44. The molecule has 4 heteroatoms. The standard InChI is InChI=1S/C20H26N2O2/c23-18(22-10-6-19(7-11-22)5-9-21-14-19)16-13-20(16)8-12-24-17-4-2-1-3-15(17)20/h1-4,16,21H,5-14H2. The van der Waals surface area contributed by atoms with Gasteiger partial charge in [0.1, 0.15) is 5.75 Å². The molecule has 0 aromatic heterocycles. The van der Waals surface area contributed by atoms with Gasteiger partial charge in [-0.3, -0.25) is 4.79 Å². The number of hydrogen-bond donors (Lipinski definition) is 1. The molecule has 1 aliphatic carbocycles. The van der Waals surface area contributed by atoms with Gasteiger partial charge >= 0.3 is 0 Å². The van der Waals surface area contributed by atoms with E-state index >= 15 is 0 Å². The second kappa shape index (κ2) is 5.22. The number of piperidine rings is 1. The Morgan fingerprint density at radius 3 is 2.79 bits per heavy atom. The second-order valence-electron chi connectivity index (χ2n) is 8.26. The molecule has 2 unspecified atom stereocenters. The smallest absolute Gasteiger partial charge is 0.226 e. The number of ether oxygens (including phenoxy) is 1. The minimum atomic E-state index is 0.0655. The molecule has 2 spiro atoms. The summed E-state index contributed by atoms with van der Waals surface area (Å²) in [6.45, 7) is 4.94. The van der Waals surface area contributed by atoms with Gasteiger partial charge in [-0.15, -0.1) is 0 Å². The van der Waals surface area contributed by atoms with Crippen molar-refractivity contribution in [3.63, 3.8) is 0 Å². The molecule has 3 fully saturated rings. The number of para-hydroxylation sites is 1. The van der Waals surface area contributed by atoms with Gasteiger partial charge in [0.15, 0.2) is 0 Å². The molecule has 5 rings (SSSR count). The van der Waals surface area contributed by atoms with Crippen LogP contribution in [0.5, 0.6) is 5.75 Å². The van der Waals surface area contributed by atoms with Crippen LogP contribution in [-0.4, -0.2) is 43.6 Å². The summed E-state index contributed by atoms with van der Waals surface area (Å²) >= 11 is 0. The van der Waals surface area contributed by atoms with Gasteiger partial charge in [-0.25, -0.2) is 0 Å². The van der Waals surface area contributed by atoms with Crippen LogP contribution in [0.15, 0.2) is 24.3 Å². The summed E-state index contributed by atoms with van der Waals surface area (Å²) in [6, 6.07) is 8.31. The van der Waals surface area contributed by atoms with Crippen LogP contribution in [-0.2, 0) is 10.2 Å². The third-order valence-electron chi connectivity index (χ3n) is 7.07. The second-order valence-corrected chi connectivity index (χ2v) is 8.26. The lowest BCUT2D eigenvalue weighted by Gasteiger charge is -2.39. The fourth-order valence-corrected chi connectivity index (χ4v) is 5.33. The number of amides is 1. The van der Waals surface area contributed by atoms with Crippen LogP contribution < -0.4 is 10.1 Å². The molecule has 0 bridgehead atoms. The van der Waals surface area contributed by atoms with Gasteiger partial charge in [0.25, 0.3) is 0 Å². The molecule has 24 heavy (non-hydrogen) atoms. The van der Waals surface area contributed by atoms with Crippen molar-refractivity contribution in [2.24, 2.45) is 11.3 Å². The van der Waals surface area contributed by atoms with E-state index in [9.17, 15) is 4.79 Å². The Balaban J connectivity index is 1.30. The summed E-state index contributed by atoms with van der Waals surface area (Å²) in [5.41, 5.74) is 1.81. The van der Waals surface area contributed by atoms with Gasteiger partial charge < -0.3 is 15.0 Å². The number of hydrogen-bond acceptors (Lipinski definition) is 3. The summed E-state index contributed by atoms with van der Waals surface area (Å²) < 4.78 is 5.80. The van der Waals surface area contributed by atoms with Gasteiger partial charge in [0, 0.05) is 36.5 Å². The molecule has 1 saturated carbocycles. The quantitative estimate of drug-likeness (QED) is 0.861. The van der Waals surface area contributed by atoms with Crippen molar-refractivity contribution < 1.29 is 9.53 Å². The highest BCUT2D eigenvalue weighted by atomic mass is 16.5. The average Bonchev–Trinajstić information content (AvgIpc) is 3.16. The average molecular weight is 326 g/mol. The number of carbonyl (C=O) groups excluding carboxylic acids is 1. The Bertz CT molecular complexity index is 657. The van der Waals surface area contributed by atoms with Crippen LogP contribution in [0.25, 0.3) is 0 Å². The first-order valence-corrected chi connectivity index (χ1v) is 9.44. The first kappa shape index (κ1) is 14.8. The van der Waals surface area contributed by atoms with Gasteiger partial charge in [-0.1, -0.05) is 18.2 Å². The van der Waals surface area contributed by atoms with Crippen LogP contribution in [0.3, 0.4) is 0 Å². The van der Waals surface area contributed by atoms with E-state index < -0.39 is 0 Å². The van der Waals surface area contributed by atoms with Crippen molar-refractivity contribution in [3.8, 4) is 5.75 Å². The van der Waals surface area contributed by atoms with Gasteiger partial charge in [0.05, 0.1) is 6.61 Å². The van der Waals surface area contributed by atoms with Crippen LogP contribution in [0.1, 0.15) is 37.7 Å². The van der Waals surface area contributed by atoms with E-state index in [4.69, 9.17) is 4.74 Å². The molecule has 0 radical (unpaired) electrons. The number of benzene rings is 1. The summed E-state index contributed by atoms with van der Waals surface area (Å²) in [5, 5.41) is 3.50. The maximum atomic E-state index is 13.1. The van der Waals surface area contributed by atoms with E-state index in [-0.39, 0.29) is 11.3 Å². The van der Waals surface area contributed by atoms with Crippen molar-refractivity contribution in [1.29, 1.82) is 0 Å². The Labute approximate surface area is 143 Å². The monoisotopic (exact) mass is 326 g/mol. The minimum absolute atomic E-state index is 0.0655. The number of nitrogens with one attached hydrogen (secondary N) is 1. The molecule has 1 amide bonds. The van der Waals surface area contributed by atoms with E-state index in [1.54, 1.807) is 0 Å². The number of rotatable bonds is 1. The van der Waals surface area contributed by atoms with E-state index in [1.165, 1.54) is 24.8 Å². The predicted molar refractivity (Wildman–Crippen MR) is 92.1 cm³/mol. The van der Waals surface area contributed by atoms with Gasteiger partial charge in [0.2, 0.25) is 5.91 Å². The third-order valence-corrected chi connectivity index (χ3v) is 7.07. The van der Waals surface area contributed by atoms with Crippen molar-refractivity contribution in [3.05, 3.63) is 29.8 Å². The van der Waals surface area contributed by atoms with Crippen molar-refractivity contribution in [2.45, 2.75) is 37.5 Å². The lowest BCUT2D eigenvalue weighted by molar-refractivity contribution is -0.135. The largest absolute Gasteiger partial charge is 0.493 e. The molecule has 3 aliphatic heterocycles. The van der Waals surface area contributed by atoms with Crippen LogP contribution in [0.2, 0.25) is 0 Å². The molecule has 3 heterocycles. The SMILES string of the molecule is O=C(C1CC12CCOc1ccccc12)N1CCC2(CCNC2)CC1. The van der Waals surface area contributed by atoms with Crippen molar-refractivity contribution in [2.75, 3.05) is 32.8 Å². The molecule has 4 aliphatic rings.